The van der Waals surface area contributed by atoms with E-state index >= 15 is 0 Å². The van der Waals surface area contributed by atoms with Crippen molar-refractivity contribution in [2.24, 2.45) is 0 Å². The van der Waals surface area contributed by atoms with Gasteiger partial charge in [-0.1, -0.05) is 12.1 Å². The van der Waals surface area contributed by atoms with E-state index in [1.165, 1.54) is 6.92 Å². The number of anilines is 2. The van der Waals surface area contributed by atoms with Crippen molar-refractivity contribution >= 4 is 34.3 Å². The normalized spacial score (nSPS) is 10.5. The van der Waals surface area contributed by atoms with Gasteiger partial charge in [0.1, 0.15) is 0 Å². The third kappa shape index (κ3) is 3.29. The van der Waals surface area contributed by atoms with Crippen molar-refractivity contribution in [2.75, 3.05) is 10.6 Å². The minimum Gasteiger partial charge on any atom is -0.408 e. The highest BCUT2D eigenvalue weighted by Crippen LogP contribution is 2.17. The van der Waals surface area contributed by atoms with Gasteiger partial charge in [-0.25, -0.2) is 9.59 Å². The number of amides is 2. The lowest BCUT2D eigenvalue weighted by molar-refractivity contribution is 0.101. The Morgan fingerprint density at radius 3 is 2.52 bits per heavy atom. The summed E-state index contributed by atoms with van der Waals surface area (Å²) in [5.74, 6) is -0.635. The molecule has 7 heteroatoms. The number of carbonyl (C=O) groups is 2. The van der Waals surface area contributed by atoms with Crippen LogP contribution in [0.2, 0.25) is 0 Å². The van der Waals surface area contributed by atoms with Gasteiger partial charge in [0.15, 0.2) is 11.4 Å². The van der Waals surface area contributed by atoms with E-state index in [-0.39, 0.29) is 5.78 Å². The van der Waals surface area contributed by atoms with Crippen molar-refractivity contribution in [3.05, 3.63) is 58.6 Å². The topological polar surface area (TPSA) is 104 Å². The van der Waals surface area contributed by atoms with Crippen molar-refractivity contribution in [1.82, 2.24) is 4.98 Å². The minimum absolute atomic E-state index is 0.0815. The summed E-state index contributed by atoms with van der Waals surface area (Å²) in [5.41, 5.74) is 2.39. The van der Waals surface area contributed by atoms with E-state index in [0.29, 0.717) is 28.0 Å². The maximum Gasteiger partial charge on any atom is 0.417 e. The molecule has 7 nitrogen and oxygen atoms in total. The lowest BCUT2D eigenvalue weighted by Gasteiger charge is -2.08. The highest BCUT2D eigenvalue weighted by atomic mass is 16.4. The number of Topliss-reactive ketones (excluding diaryl/α,β-unsaturated/α-hetero) is 1. The molecular formula is C16H13N3O4. The first-order valence-corrected chi connectivity index (χ1v) is 6.83. The van der Waals surface area contributed by atoms with Crippen LogP contribution in [0, 0.1) is 0 Å². The maximum atomic E-state index is 12.0. The van der Waals surface area contributed by atoms with Gasteiger partial charge < -0.3 is 15.1 Å². The summed E-state index contributed by atoms with van der Waals surface area (Å²) in [6, 6.07) is 11.0. The van der Waals surface area contributed by atoms with Gasteiger partial charge >= 0.3 is 11.8 Å². The number of nitrogens with one attached hydrogen (secondary N) is 3. The molecule has 0 fully saturated rings. The fourth-order valence-electron chi connectivity index (χ4n) is 2.13. The third-order valence-electron chi connectivity index (χ3n) is 3.21. The molecule has 0 radical (unpaired) electrons. The average molecular weight is 311 g/mol. The molecule has 2 aromatic carbocycles. The van der Waals surface area contributed by atoms with Gasteiger partial charge in [-0.2, -0.15) is 0 Å². The summed E-state index contributed by atoms with van der Waals surface area (Å²) >= 11 is 0. The van der Waals surface area contributed by atoms with E-state index in [0.717, 1.165) is 0 Å². The molecule has 3 aromatic rings. The van der Waals surface area contributed by atoms with Crippen molar-refractivity contribution < 1.29 is 14.0 Å². The summed E-state index contributed by atoms with van der Waals surface area (Å²) in [7, 11) is 0. The van der Waals surface area contributed by atoms with Crippen LogP contribution in [0.25, 0.3) is 11.1 Å². The summed E-state index contributed by atoms with van der Waals surface area (Å²) in [4.78, 5) is 36.9. The molecule has 0 unspecified atom stereocenters. The average Bonchev–Trinajstić information content (AvgIpc) is 2.86. The van der Waals surface area contributed by atoms with Gasteiger partial charge in [-0.3, -0.25) is 9.78 Å². The quantitative estimate of drug-likeness (QED) is 0.647. The molecule has 116 valence electrons. The van der Waals surface area contributed by atoms with Crippen molar-refractivity contribution in [2.45, 2.75) is 6.92 Å². The Labute approximate surface area is 130 Å². The number of H-pyrrole nitrogens is 1. The zero-order chi connectivity index (χ0) is 16.4. The first kappa shape index (κ1) is 14.6. The smallest absolute Gasteiger partial charge is 0.408 e. The number of hydrogen-bond acceptors (Lipinski definition) is 4. The molecule has 0 aliphatic heterocycles. The highest BCUT2D eigenvalue weighted by Gasteiger charge is 2.07. The Morgan fingerprint density at radius 2 is 1.78 bits per heavy atom. The lowest BCUT2D eigenvalue weighted by atomic mass is 10.1. The number of aromatic nitrogens is 1. The number of hydrogen-bond donors (Lipinski definition) is 3. The van der Waals surface area contributed by atoms with Crippen molar-refractivity contribution in [3.63, 3.8) is 0 Å². The van der Waals surface area contributed by atoms with Crippen LogP contribution in [0.3, 0.4) is 0 Å². The zero-order valence-electron chi connectivity index (χ0n) is 12.2. The maximum absolute atomic E-state index is 12.0. The van der Waals surface area contributed by atoms with Crippen LogP contribution in [0.15, 0.2) is 51.7 Å². The number of ketones is 1. The second-order valence-corrected chi connectivity index (χ2v) is 4.94. The molecule has 2 amide bonds. The molecule has 3 rings (SSSR count). The molecule has 0 aliphatic carbocycles. The van der Waals surface area contributed by atoms with E-state index in [9.17, 15) is 14.4 Å². The Balaban J connectivity index is 1.74. The molecule has 0 aliphatic rings. The Bertz CT molecular complexity index is 955. The largest absolute Gasteiger partial charge is 0.417 e. The van der Waals surface area contributed by atoms with Gasteiger partial charge in [0.25, 0.3) is 0 Å². The van der Waals surface area contributed by atoms with Crippen molar-refractivity contribution in [1.29, 1.82) is 0 Å². The Kier molecular flexibility index (Phi) is 3.68. The Hall–Kier alpha value is -3.35. The van der Waals surface area contributed by atoms with E-state index < -0.39 is 11.8 Å². The molecule has 0 saturated carbocycles. The second-order valence-electron chi connectivity index (χ2n) is 4.94. The van der Waals surface area contributed by atoms with Gasteiger partial charge in [0.2, 0.25) is 0 Å². The molecule has 0 spiro atoms. The number of urea groups is 1. The molecule has 0 atom stereocenters. The second kappa shape index (κ2) is 5.80. The number of rotatable bonds is 3. The third-order valence-corrected chi connectivity index (χ3v) is 3.21. The van der Waals surface area contributed by atoms with E-state index in [4.69, 9.17) is 4.42 Å². The van der Waals surface area contributed by atoms with Gasteiger partial charge in [0, 0.05) is 23.0 Å². The summed E-state index contributed by atoms with van der Waals surface area (Å²) < 4.78 is 4.93. The summed E-state index contributed by atoms with van der Waals surface area (Å²) in [6.07, 6.45) is 0. The van der Waals surface area contributed by atoms with Crippen molar-refractivity contribution in [3.8, 4) is 0 Å². The molecule has 1 aromatic heterocycles. The number of aromatic amines is 1. The van der Waals surface area contributed by atoms with E-state index in [1.807, 2.05) is 0 Å². The lowest BCUT2D eigenvalue weighted by Crippen LogP contribution is -2.19. The monoisotopic (exact) mass is 311 g/mol. The fraction of sp³-hybridized carbons (Fsp3) is 0.0625. The predicted octanol–water partition coefficient (Wildman–Crippen LogP) is 2.97. The SMILES string of the molecule is CC(=O)c1cccc(NC(=O)Nc2ccc3[nH]c(=O)oc3c2)c1. The van der Waals surface area contributed by atoms with Gasteiger partial charge in [-0.05, 0) is 31.2 Å². The molecule has 23 heavy (non-hydrogen) atoms. The highest BCUT2D eigenvalue weighted by molar-refractivity contribution is 6.02. The first-order valence-electron chi connectivity index (χ1n) is 6.83. The van der Waals surface area contributed by atoms with E-state index in [2.05, 4.69) is 15.6 Å². The van der Waals surface area contributed by atoms with Crippen LogP contribution < -0.4 is 16.4 Å². The van der Waals surface area contributed by atoms with Crippen LogP contribution in [0.4, 0.5) is 16.2 Å². The number of carbonyl (C=O) groups excluding carboxylic acids is 2. The molecule has 0 saturated heterocycles. The van der Waals surface area contributed by atoms with Crippen LogP contribution in [0.5, 0.6) is 0 Å². The molecule has 1 heterocycles. The summed E-state index contributed by atoms with van der Waals surface area (Å²) in [6.45, 7) is 1.46. The van der Waals surface area contributed by atoms with Crippen LogP contribution >= 0.6 is 0 Å². The van der Waals surface area contributed by atoms with Crippen LogP contribution in [0.1, 0.15) is 17.3 Å². The standard InChI is InChI=1S/C16H13N3O4/c1-9(20)10-3-2-4-11(7-10)17-15(21)18-12-5-6-13-14(8-12)23-16(22)19-13/h2-8H,1H3,(H,19,22)(H2,17,18,21). The number of fused-ring (bicyclic) bond motifs is 1. The molecule has 0 bridgehead atoms. The summed E-state index contributed by atoms with van der Waals surface area (Å²) in [5, 5.41) is 5.27. The zero-order valence-corrected chi connectivity index (χ0v) is 12.2. The fourth-order valence-corrected chi connectivity index (χ4v) is 2.13. The number of oxazole rings is 1. The van der Waals surface area contributed by atoms with Crippen LogP contribution in [-0.4, -0.2) is 16.8 Å². The number of benzene rings is 2. The van der Waals surface area contributed by atoms with Gasteiger partial charge in [0.05, 0.1) is 5.52 Å². The molecular weight excluding hydrogens is 298 g/mol. The minimum atomic E-state index is -0.553. The van der Waals surface area contributed by atoms with E-state index in [1.54, 1.807) is 42.5 Å². The van der Waals surface area contributed by atoms with Crippen LogP contribution in [-0.2, 0) is 0 Å². The predicted molar refractivity (Wildman–Crippen MR) is 85.9 cm³/mol. The van der Waals surface area contributed by atoms with Gasteiger partial charge in [-0.15, -0.1) is 0 Å². The Morgan fingerprint density at radius 1 is 1.04 bits per heavy atom. The first-order chi connectivity index (χ1) is 11.0. The molecule has 3 N–H and O–H groups in total.